The molecular weight excluding hydrogens is 247 g/mol. The third-order valence-corrected chi connectivity index (χ3v) is 4.02. The van der Waals surface area contributed by atoms with Gasteiger partial charge in [-0.05, 0) is 13.8 Å². The summed E-state index contributed by atoms with van der Waals surface area (Å²) in [5.74, 6) is -1.13. The Hall–Kier alpha value is -1.10. The third kappa shape index (κ3) is 3.70. The molecule has 0 fully saturated rings. The number of aromatic carboxylic acids is 1. The zero-order valence-corrected chi connectivity index (χ0v) is 10.6. The first-order valence-electron chi connectivity index (χ1n) is 5.19. The lowest BCUT2D eigenvalue weighted by molar-refractivity contribution is 0.0695. The van der Waals surface area contributed by atoms with E-state index in [0.717, 1.165) is 6.26 Å². The predicted octanol–water partition coefficient (Wildman–Crippen LogP) is 2.74. The molecule has 0 aliphatic carbocycles. The molecule has 6 nitrogen and oxygen atoms in total. The number of carbonyl (C=O) groups is 1. The molecule has 0 saturated heterocycles. The van der Waals surface area contributed by atoms with E-state index in [1.165, 1.54) is 6.26 Å². The van der Waals surface area contributed by atoms with E-state index in [1.807, 2.05) is 0 Å². The van der Waals surface area contributed by atoms with Crippen LogP contribution in [0, 0.1) is 0 Å². The molecule has 1 rings (SSSR count). The van der Waals surface area contributed by atoms with Gasteiger partial charge in [-0.3, -0.25) is 4.57 Å². The summed E-state index contributed by atoms with van der Waals surface area (Å²) < 4.78 is 27.1. The molecule has 17 heavy (non-hydrogen) atoms. The fourth-order valence-electron chi connectivity index (χ4n) is 1.36. The van der Waals surface area contributed by atoms with Crippen molar-refractivity contribution in [2.45, 2.75) is 20.0 Å². The zero-order valence-electron chi connectivity index (χ0n) is 9.71. The fourth-order valence-corrected chi connectivity index (χ4v) is 3.07. The second-order valence-electron chi connectivity index (χ2n) is 3.22. The maximum atomic E-state index is 12.2. The van der Waals surface area contributed by atoms with E-state index in [-0.39, 0.29) is 24.9 Å². The van der Waals surface area contributed by atoms with Crippen LogP contribution in [0.25, 0.3) is 0 Å². The Labute approximate surface area is 99.1 Å². The summed E-state index contributed by atoms with van der Waals surface area (Å²) in [5, 5.41) is 8.88. The van der Waals surface area contributed by atoms with Crippen LogP contribution >= 0.6 is 7.60 Å². The summed E-state index contributed by atoms with van der Waals surface area (Å²) >= 11 is 0. The van der Waals surface area contributed by atoms with Crippen LogP contribution in [-0.4, -0.2) is 24.3 Å². The minimum Gasteiger partial charge on any atom is -0.478 e. The van der Waals surface area contributed by atoms with Gasteiger partial charge in [0.1, 0.15) is 11.8 Å². The Kier molecular flexibility index (Phi) is 4.93. The number of carboxylic acids is 1. The van der Waals surface area contributed by atoms with Crippen molar-refractivity contribution in [1.29, 1.82) is 0 Å². The molecule has 0 aliphatic rings. The van der Waals surface area contributed by atoms with E-state index in [9.17, 15) is 9.36 Å². The standard InChI is InChI=1S/C10H15O6P/c1-3-15-17(13,16-4-2)7-8-5-14-6-9(8)10(11)12/h5-6H,3-4,7H2,1-2H3,(H,11,12). The number of hydrogen-bond donors (Lipinski definition) is 1. The van der Waals surface area contributed by atoms with Crippen molar-refractivity contribution in [2.24, 2.45) is 0 Å². The summed E-state index contributed by atoms with van der Waals surface area (Å²) in [6, 6.07) is 0. The van der Waals surface area contributed by atoms with Crippen molar-refractivity contribution >= 4 is 13.6 Å². The highest BCUT2D eigenvalue weighted by molar-refractivity contribution is 7.53. The second-order valence-corrected chi connectivity index (χ2v) is 5.27. The van der Waals surface area contributed by atoms with E-state index in [0.29, 0.717) is 5.56 Å². The lowest BCUT2D eigenvalue weighted by Crippen LogP contribution is -2.03. The van der Waals surface area contributed by atoms with Crippen molar-refractivity contribution in [3.63, 3.8) is 0 Å². The van der Waals surface area contributed by atoms with Gasteiger partial charge in [0.05, 0.1) is 25.6 Å². The molecule has 1 N–H and O–H groups in total. The van der Waals surface area contributed by atoms with Gasteiger partial charge in [0.25, 0.3) is 0 Å². The van der Waals surface area contributed by atoms with Gasteiger partial charge in [0.2, 0.25) is 0 Å². The maximum absolute atomic E-state index is 12.2. The molecule has 0 atom stereocenters. The van der Waals surface area contributed by atoms with E-state index < -0.39 is 13.6 Å². The smallest absolute Gasteiger partial charge is 0.339 e. The fraction of sp³-hybridized carbons (Fsp3) is 0.500. The second kappa shape index (κ2) is 6.00. The largest absolute Gasteiger partial charge is 0.478 e. The molecule has 1 aromatic rings. The Morgan fingerprint density at radius 2 is 1.94 bits per heavy atom. The van der Waals surface area contributed by atoms with Gasteiger partial charge in [-0.2, -0.15) is 0 Å². The first-order valence-corrected chi connectivity index (χ1v) is 6.91. The van der Waals surface area contributed by atoms with Crippen LogP contribution in [0.1, 0.15) is 29.8 Å². The summed E-state index contributed by atoms with van der Waals surface area (Å²) in [5.41, 5.74) is 0.285. The van der Waals surface area contributed by atoms with Gasteiger partial charge < -0.3 is 18.6 Å². The molecule has 96 valence electrons. The van der Waals surface area contributed by atoms with Crippen LogP contribution in [0.3, 0.4) is 0 Å². The van der Waals surface area contributed by atoms with Crippen LogP contribution in [0.15, 0.2) is 16.9 Å². The molecule has 7 heteroatoms. The number of hydrogen-bond acceptors (Lipinski definition) is 5. The topological polar surface area (TPSA) is 86.0 Å². The third-order valence-electron chi connectivity index (χ3n) is 1.99. The van der Waals surface area contributed by atoms with Crippen LogP contribution < -0.4 is 0 Å². The molecule has 0 aliphatic heterocycles. The van der Waals surface area contributed by atoms with Crippen LogP contribution in [0.2, 0.25) is 0 Å². The highest BCUT2D eigenvalue weighted by atomic mass is 31.2. The van der Waals surface area contributed by atoms with E-state index in [4.69, 9.17) is 18.6 Å². The lowest BCUT2D eigenvalue weighted by Gasteiger charge is -2.16. The molecule has 0 radical (unpaired) electrons. The normalized spacial score (nSPS) is 11.6. The molecule has 0 bridgehead atoms. The van der Waals surface area contributed by atoms with Crippen molar-refractivity contribution in [3.8, 4) is 0 Å². The number of furan rings is 1. The van der Waals surface area contributed by atoms with Gasteiger partial charge in [0, 0.05) is 5.56 Å². The highest BCUT2D eigenvalue weighted by Crippen LogP contribution is 2.51. The van der Waals surface area contributed by atoms with Gasteiger partial charge in [-0.1, -0.05) is 0 Å². The number of carboxylic acid groups (broad SMARTS) is 1. The average Bonchev–Trinajstić information content (AvgIpc) is 2.66. The predicted molar refractivity (Wildman–Crippen MR) is 60.2 cm³/mol. The van der Waals surface area contributed by atoms with E-state index >= 15 is 0 Å². The molecule has 0 amide bonds. The van der Waals surface area contributed by atoms with Crippen molar-refractivity contribution in [1.82, 2.24) is 0 Å². The Morgan fingerprint density at radius 3 is 2.41 bits per heavy atom. The van der Waals surface area contributed by atoms with Crippen LogP contribution in [-0.2, 0) is 19.8 Å². The Balaban J connectivity index is 2.89. The number of rotatable bonds is 7. The summed E-state index contributed by atoms with van der Waals surface area (Å²) in [6.07, 6.45) is 2.24. The quantitative estimate of drug-likeness (QED) is 0.760. The molecule has 1 aromatic heterocycles. The highest BCUT2D eigenvalue weighted by Gasteiger charge is 2.27. The minimum atomic E-state index is -3.30. The van der Waals surface area contributed by atoms with Crippen molar-refractivity contribution in [3.05, 3.63) is 23.7 Å². The van der Waals surface area contributed by atoms with Crippen LogP contribution in [0.5, 0.6) is 0 Å². The molecule has 0 saturated carbocycles. The molecule has 1 heterocycles. The first kappa shape index (κ1) is 14.0. The minimum absolute atomic E-state index is 0.0235. The maximum Gasteiger partial charge on any atom is 0.339 e. The summed E-state index contributed by atoms with van der Waals surface area (Å²) in [7, 11) is -3.30. The molecule has 0 aromatic carbocycles. The van der Waals surface area contributed by atoms with E-state index in [1.54, 1.807) is 13.8 Å². The van der Waals surface area contributed by atoms with Gasteiger partial charge in [-0.25, -0.2) is 4.79 Å². The average molecular weight is 262 g/mol. The summed E-state index contributed by atoms with van der Waals surface area (Å²) in [6.45, 7) is 3.85. The first-order chi connectivity index (χ1) is 8.02. The van der Waals surface area contributed by atoms with Gasteiger partial charge >= 0.3 is 13.6 Å². The summed E-state index contributed by atoms with van der Waals surface area (Å²) in [4.78, 5) is 10.9. The lowest BCUT2D eigenvalue weighted by atomic mass is 10.2. The monoisotopic (exact) mass is 262 g/mol. The molecule has 0 unspecified atom stereocenters. The van der Waals surface area contributed by atoms with E-state index in [2.05, 4.69) is 0 Å². The zero-order chi connectivity index (χ0) is 12.9. The van der Waals surface area contributed by atoms with Gasteiger partial charge in [-0.15, -0.1) is 0 Å². The van der Waals surface area contributed by atoms with Crippen molar-refractivity contribution < 1.29 is 27.9 Å². The molecule has 0 spiro atoms. The van der Waals surface area contributed by atoms with Gasteiger partial charge in [0.15, 0.2) is 0 Å². The Bertz CT molecular complexity index is 414. The molecular formula is C10H15O6P. The Morgan fingerprint density at radius 1 is 1.35 bits per heavy atom. The SMILES string of the molecule is CCOP(=O)(Cc1cocc1C(=O)O)OCC. The van der Waals surface area contributed by atoms with Crippen LogP contribution in [0.4, 0.5) is 0 Å². The van der Waals surface area contributed by atoms with Crippen molar-refractivity contribution in [2.75, 3.05) is 13.2 Å².